The van der Waals surface area contributed by atoms with Crippen LogP contribution in [-0.4, -0.2) is 46.8 Å². The smallest absolute Gasteiger partial charge is 0.335 e. The van der Waals surface area contributed by atoms with E-state index in [9.17, 15) is 19.2 Å². The number of urea groups is 1. The number of nitrogens with zero attached hydrogens (tertiary/aromatic N) is 2. The van der Waals surface area contributed by atoms with Crippen LogP contribution in [0.5, 0.6) is 0 Å². The van der Waals surface area contributed by atoms with Gasteiger partial charge in [-0.05, 0) is 29.3 Å². The van der Waals surface area contributed by atoms with E-state index < -0.39 is 30.4 Å². The second-order valence-electron chi connectivity index (χ2n) is 5.55. The molecule has 1 aliphatic rings. The van der Waals surface area contributed by atoms with Crippen molar-refractivity contribution in [1.29, 1.82) is 0 Å². The molecule has 128 valence electrons. The first kappa shape index (κ1) is 16.6. The lowest BCUT2D eigenvalue weighted by molar-refractivity contribution is -0.148. The number of amides is 4. The number of hydrogen-bond donors (Lipinski definition) is 0. The van der Waals surface area contributed by atoms with Crippen molar-refractivity contribution in [2.24, 2.45) is 0 Å². The summed E-state index contributed by atoms with van der Waals surface area (Å²) in [5, 5.41) is 2.00. The number of fused-ring (bicyclic) bond motifs is 1. The van der Waals surface area contributed by atoms with Crippen LogP contribution in [0.25, 0.3) is 10.8 Å². The first-order valence-corrected chi connectivity index (χ1v) is 7.82. The van der Waals surface area contributed by atoms with Crippen molar-refractivity contribution in [2.45, 2.75) is 13.5 Å². The van der Waals surface area contributed by atoms with Crippen LogP contribution in [0, 0.1) is 0 Å². The maximum absolute atomic E-state index is 12.3. The third-order valence-electron chi connectivity index (χ3n) is 3.88. The van der Waals surface area contributed by atoms with Crippen molar-refractivity contribution in [3.8, 4) is 0 Å². The van der Waals surface area contributed by atoms with Crippen LogP contribution in [0.4, 0.5) is 4.79 Å². The van der Waals surface area contributed by atoms with E-state index in [-0.39, 0.29) is 13.2 Å². The molecule has 3 rings (SSSR count). The van der Waals surface area contributed by atoms with E-state index in [1.807, 2.05) is 36.4 Å². The number of rotatable bonds is 5. The van der Waals surface area contributed by atoms with Crippen LogP contribution in [0.15, 0.2) is 42.5 Å². The summed E-state index contributed by atoms with van der Waals surface area (Å²) < 4.78 is 4.72. The maximum Gasteiger partial charge on any atom is 0.335 e. The summed E-state index contributed by atoms with van der Waals surface area (Å²) in [5.74, 6) is -2.69. The molecule has 0 spiro atoms. The maximum atomic E-state index is 12.3. The molecule has 4 amide bonds. The fourth-order valence-electron chi connectivity index (χ4n) is 2.68. The number of esters is 1. The van der Waals surface area contributed by atoms with Crippen LogP contribution in [0.2, 0.25) is 0 Å². The van der Waals surface area contributed by atoms with Gasteiger partial charge in [0.1, 0.15) is 6.54 Å². The van der Waals surface area contributed by atoms with E-state index in [0.717, 1.165) is 15.7 Å². The summed E-state index contributed by atoms with van der Waals surface area (Å²) in [7, 11) is 0. The SMILES string of the molecule is CCOC(=O)CN1C(=O)C(=O)N(Cc2ccc3ccccc3c2)C1=O. The normalized spacial score (nSPS) is 14.5. The predicted octanol–water partition coefficient (Wildman–Crippen LogP) is 1.69. The van der Waals surface area contributed by atoms with Crippen LogP contribution in [0.3, 0.4) is 0 Å². The average molecular weight is 340 g/mol. The van der Waals surface area contributed by atoms with Gasteiger partial charge in [-0.25, -0.2) is 9.69 Å². The van der Waals surface area contributed by atoms with Crippen LogP contribution in [-0.2, 0) is 25.7 Å². The van der Waals surface area contributed by atoms with E-state index >= 15 is 0 Å². The molecular formula is C18H16N2O5. The van der Waals surface area contributed by atoms with Gasteiger partial charge in [0.05, 0.1) is 13.2 Å². The first-order chi connectivity index (χ1) is 12.0. The van der Waals surface area contributed by atoms with Crippen molar-refractivity contribution >= 4 is 34.6 Å². The number of benzene rings is 2. The van der Waals surface area contributed by atoms with E-state index in [1.54, 1.807) is 13.0 Å². The second-order valence-corrected chi connectivity index (χ2v) is 5.55. The van der Waals surface area contributed by atoms with Gasteiger partial charge in [0.15, 0.2) is 0 Å². The van der Waals surface area contributed by atoms with E-state index in [1.165, 1.54) is 0 Å². The van der Waals surface area contributed by atoms with Gasteiger partial charge in [0.2, 0.25) is 0 Å². The lowest BCUT2D eigenvalue weighted by atomic mass is 10.1. The summed E-state index contributed by atoms with van der Waals surface area (Å²) in [4.78, 5) is 49.4. The molecule has 0 aliphatic carbocycles. The largest absolute Gasteiger partial charge is 0.465 e. The number of carbonyl (C=O) groups excluding carboxylic acids is 4. The highest BCUT2D eigenvalue weighted by Crippen LogP contribution is 2.20. The zero-order valence-corrected chi connectivity index (χ0v) is 13.6. The predicted molar refractivity (Wildman–Crippen MR) is 88.2 cm³/mol. The van der Waals surface area contributed by atoms with Gasteiger partial charge in [-0.15, -0.1) is 0 Å². The number of imide groups is 2. The topological polar surface area (TPSA) is 84.0 Å². The van der Waals surface area contributed by atoms with Crippen LogP contribution < -0.4 is 0 Å². The summed E-state index contributed by atoms with van der Waals surface area (Å²) in [6, 6.07) is 12.4. The Balaban J connectivity index is 1.79. The van der Waals surface area contributed by atoms with Crippen LogP contribution in [0.1, 0.15) is 12.5 Å². The molecule has 0 bridgehead atoms. The van der Waals surface area contributed by atoms with E-state index in [0.29, 0.717) is 10.5 Å². The highest BCUT2D eigenvalue weighted by molar-refractivity contribution is 6.44. The molecule has 0 radical (unpaired) electrons. The Labute approximate surface area is 143 Å². The van der Waals surface area contributed by atoms with Gasteiger partial charge in [0, 0.05) is 0 Å². The number of ether oxygens (including phenoxy) is 1. The summed E-state index contributed by atoms with van der Waals surface area (Å²) >= 11 is 0. The molecule has 25 heavy (non-hydrogen) atoms. The quantitative estimate of drug-likeness (QED) is 0.470. The van der Waals surface area contributed by atoms with Crippen molar-refractivity contribution < 1.29 is 23.9 Å². The summed E-state index contributed by atoms with van der Waals surface area (Å²) in [6.07, 6.45) is 0. The molecule has 1 aliphatic heterocycles. The van der Waals surface area contributed by atoms with Gasteiger partial charge < -0.3 is 4.74 Å². The lowest BCUT2D eigenvalue weighted by Gasteiger charge is -2.15. The van der Waals surface area contributed by atoms with Gasteiger partial charge in [-0.3, -0.25) is 19.3 Å². The van der Waals surface area contributed by atoms with Gasteiger partial charge in [-0.1, -0.05) is 36.4 Å². The molecule has 0 saturated carbocycles. The Kier molecular flexibility index (Phi) is 4.47. The van der Waals surface area contributed by atoms with E-state index in [2.05, 4.69) is 0 Å². The monoisotopic (exact) mass is 340 g/mol. The number of carbonyl (C=O) groups is 4. The fraction of sp³-hybridized carbons (Fsp3) is 0.222. The zero-order valence-electron chi connectivity index (χ0n) is 13.6. The molecule has 2 aromatic rings. The molecule has 0 atom stereocenters. The Morgan fingerprint density at radius 1 is 0.960 bits per heavy atom. The molecule has 1 heterocycles. The molecule has 2 aromatic carbocycles. The lowest BCUT2D eigenvalue weighted by Crippen LogP contribution is -2.37. The standard InChI is InChI=1S/C18H16N2O5/c1-2-25-15(21)11-20-17(23)16(22)19(18(20)24)10-12-7-8-13-5-3-4-6-14(13)9-12/h3-9H,2,10-11H2,1H3. The molecule has 0 aromatic heterocycles. The molecular weight excluding hydrogens is 324 g/mol. The highest BCUT2D eigenvalue weighted by atomic mass is 16.5. The van der Waals surface area contributed by atoms with Gasteiger partial charge in [0.25, 0.3) is 0 Å². The third kappa shape index (κ3) is 3.21. The number of hydrogen-bond acceptors (Lipinski definition) is 5. The minimum Gasteiger partial charge on any atom is -0.465 e. The fourth-order valence-corrected chi connectivity index (χ4v) is 2.68. The highest BCUT2D eigenvalue weighted by Gasteiger charge is 2.45. The van der Waals surface area contributed by atoms with E-state index in [4.69, 9.17) is 4.74 Å². The molecule has 1 fully saturated rings. The molecule has 7 nitrogen and oxygen atoms in total. The Morgan fingerprint density at radius 3 is 2.36 bits per heavy atom. The Morgan fingerprint density at radius 2 is 1.64 bits per heavy atom. The Hall–Kier alpha value is -3.22. The zero-order chi connectivity index (χ0) is 18.0. The third-order valence-corrected chi connectivity index (χ3v) is 3.88. The van der Waals surface area contributed by atoms with Crippen molar-refractivity contribution in [3.63, 3.8) is 0 Å². The second kappa shape index (κ2) is 6.72. The van der Waals surface area contributed by atoms with Gasteiger partial charge in [-0.2, -0.15) is 0 Å². The minimum atomic E-state index is -1.01. The van der Waals surface area contributed by atoms with Crippen LogP contribution >= 0.6 is 0 Å². The van der Waals surface area contributed by atoms with Crippen molar-refractivity contribution in [1.82, 2.24) is 9.80 Å². The Bertz CT molecular complexity index is 877. The van der Waals surface area contributed by atoms with Crippen molar-refractivity contribution in [2.75, 3.05) is 13.2 Å². The summed E-state index contributed by atoms with van der Waals surface area (Å²) in [5.41, 5.74) is 0.714. The summed E-state index contributed by atoms with van der Waals surface area (Å²) in [6.45, 7) is 1.14. The molecule has 0 unspecified atom stereocenters. The first-order valence-electron chi connectivity index (χ1n) is 7.82. The minimum absolute atomic E-state index is 0.0342. The molecule has 7 heteroatoms. The molecule has 0 N–H and O–H groups in total. The van der Waals surface area contributed by atoms with Crippen molar-refractivity contribution in [3.05, 3.63) is 48.0 Å². The average Bonchev–Trinajstić information content (AvgIpc) is 2.80. The van der Waals surface area contributed by atoms with Gasteiger partial charge >= 0.3 is 23.8 Å². The molecule has 1 saturated heterocycles.